The number of rotatable bonds is 4. The highest BCUT2D eigenvalue weighted by Crippen LogP contribution is 2.26. The van der Waals surface area contributed by atoms with Crippen molar-refractivity contribution in [2.75, 3.05) is 31.6 Å². The number of hydrogen-bond acceptors (Lipinski definition) is 3. The summed E-state index contributed by atoms with van der Waals surface area (Å²) in [5, 5.41) is 8.59. The molecular formula is C14H17FN2O4. The maximum atomic E-state index is 12.9. The van der Waals surface area contributed by atoms with Crippen LogP contribution in [0.4, 0.5) is 14.9 Å². The summed E-state index contributed by atoms with van der Waals surface area (Å²) in [6.45, 7) is 2.03. The smallest absolute Gasteiger partial charge is 0.329 e. The first-order chi connectivity index (χ1) is 9.81. The molecule has 0 aromatic heterocycles. The third kappa shape index (κ3) is 3.49. The molecule has 1 aliphatic rings. The highest BCUT2D eigenvalue weighted by Gasteiger charge is 2.43. The summed E-state index contributed by atoms with van der Waals surface area (Å²) >= 11 is 0. The molecule has 1 N–H and O–H groups in total. The van der Waals surface area contributed by atoms with Gasteiger partial charge in [-0.15, -0.1) is 0 Å². The summed E-state index contributed by atoms with van der Waals surface area (Å²) < 4.78 is 18.1. The fourth-order valence-corrected chi connectivity index (χ4v) is 2.21. The van der Waals surface area contributed by atoms with Gasteiger partial charge < -0.3 is 14.7 Å². The van der Waals surface area contributed by atoms with Crippen molar-refractivity contribution in [2.24, 2.45) is 0 Å². The van der Waals surface area contributed by atoms with Crippen molar-refractivity contribution in [2.45, 2.75) is 12.5 Å². The molecule has 0 radical (unpaired) electrons. The molecule has 2 rings (SSSR count). The first kappa shape index (κ1) is 15.2. The van der Waals surface area contributed by atoms with E-state index in [1.807, 2.05) is 0 Å². The van der Waals surface area contributed by atoms with E-state index >= 15 is 0 Å². The van der Waals surface area contributed by atoms with E-state index in [2.05, 4.69) is 0 Å². The number of amides is 2. The van der Waals surface area contributed by atoms with E-state index in [0.29, 0.717) is 18.8 Å². The second kappa shape index (κ2) is 5.69. The van der Waals surface area contributed by atoms with Crippen LogP contribution in [0.5, 0.6) is 0 Å². The molecule has 1 aromatic carbocycles. The van der Waals surface area contributed by atoms with Crippen molar-refractivity contribution >= 4 is 17.7 Å². The van der Waals surface area contributed by atoms with Crippen molar-refractivity contribution in [1.29, 1.82) is 0 Å². The third-order valence-corrected chi connectivity index (χ3v) is 3.37. The van der Waals surface area contributed by atoms with Gasteiger partial charge in [-0.1, -0.05) is 0 Å². The van der Waals surface area contributed by atoms with Crippen LogP contribution in [0.2, 0.25) is 0 Å². The number of ether oxygens (including phenoxy) is 1. The predicted molar refractivity (Wildman–Crippen MR) is 73.8 cm³/mol. The normalized spacial score (nSPS) is 16.2. The number of carbonyl (C=O) groups excluding carboxylic acids is 1. The molecule has 0 saturated carbocycles. The first-order valence-electron chi connectivity index (χ1n) is 6.45. The Morgan fingerprint density at radius 3 is 2.48 bits per heavy atom. The van der Waals surface area contributed by atoms with Crippen LogP contribution in [0.1, 0.15) is 6.92 Å². The van der Waals surface area contributed by atoms with Gasteiger partial charge >= 0.3 is 12.0 Å². The Hall–Kier alpha value is -2.15. The number of carboxylic acids is 1. The SMILES string of the molecule is CN(C(=O)N1CC(C)(OCC(=O)O)C1)c1ccc(F)cc1. The molecule has 0 bridgehead atoms. The Morgan fingerprint density at radius 2 is 1.95 bits per heavy atom. The summed E-state index contributed by atoms with van der Waals surface area (Å²) in [4.78, 5) is 25.7. The second-order valence-electron chi connectivity index (χ2n) is 5.31. The van der Waals surface area contributed by atoms with Crippen LogP contribution in [0.15, 0.2) is 24.3 Å². The number of hydrogen-bond donors (Lipinski definition) is 1. The lowest BCUT2D eigenvalue weighted by Crippen LogP contribution is -2.65. The summed E-state index contributed by atoms with van der Waals surface area (Å²) in [5.41, 5.74) is -0.0426. The molecule has 6 nitrogen and oxygen atoms in total. The van der Waals surface area contributed by atoms with Gasteiger partial charge in [0, 0.05) is 12.7 Å². The molecule has 1 fully saturated rings. The number of halogens is 1. The molecule has 1 aliphatic heterocycles. The Labute approximate surface area is 121 Å². The van der Waals surface area contributed by atoms with Crippen LogP contribution in [-0.4, -0.2) is 54.4 Å². The maximum Gasteiger partial charge on any atom is 0.329 e. The van der Waals surface area contributed by atoms with Gasteiger partial charge in [0.05, 0.1) is 13.1 Å². The van der Waals surface area contributed by atoms with Gasteiger partial charge in [0.15, 0.2) is 0 Å². The number of likely N-dealkylation sites (tertiary alicyclic amines) is 1. The average molecular weight is 296 g/mol. The summed E-state index contributed by atoms with van der Waals surface area (Å²) in [6.07, 6.45) is 0. The van der Waals surface area contributed by atoms with Crippen LogP contribution >= 0.6 is 0 Å². The molecule has 0 unspecified atom stereocenters. The average Bonchev–Trinajstić information content (AvgIpc) is 2.41. The molecule has 1 aromatic rings. The Kier molecular flexibility index (Phi) is 4.13. The summed E-state index contributed by atoms with van der Waals surface area (Å²) in [5.74, 6) is -1.40. The number of aliphatic carboxylic acids is 1. The Morgan fingerprint density at radius 1 is 1.38 bits per heavy atom. The maximum absolute atomic E-state index is 12.9. The predicted octanol–water partition coefficient (Wildman–Crippen LogP) is 1.56. The highest BCUT2D eigenvalue weighted by atomic mass is 19.1. The molecule has 21 heavy (non-hydrogen) atoms. The second-order valence-corrected chi connectivity index (χ2v) is 5.31. The van der Waals surface area contributed by atoms with Gasteiger partial charge in [-0.05, 0) is 31.2 Å². The molecule has 7 heteroatoms. The molecule has 1 saturated heterocycles. The topological polar surface area (TPSA) is 70.1 Å². The quantitative estimate of drug-likeness (QED) is 0.915. The monoisotopic (exact) mass is 296 g/mol. The van der Waals surface area contributed by atoms with Gasteiger partial charge in [0.1, 0.15) is 18.0 Å². The Balaban J connectivity index is 1.91. The van der Waals surface area contributed by atoms with Crippen molar-refractivity contribution in [1.82, 2.24) is 4.90 Å². The van der Waals surface area contributed by atoms with Gasteiger partial charge in [-0.2, -0.15) is 0 Å². The van der Waals surface area contributed by atoms with E-state index < -0.39 is 11.6 Å². The lowest BCUT2D eigenvalue weighted by molar-refractivity contribution is -0.159. The van der Waals surface area contributed by atoms with E-state index in [0.717, 1.165) is 0 Å². The molecular weight excluding hydrogens is 279 g/mol. The van der Waals surface area contributed by atoms with Crippen LogP contribution < -0.4 is 4.90 Å². The minimum absolute atomic E-state index is 0.238. The first-order valence-corrected chi connectivity index (χ1v) is 6.45. The van der Waals surface area contributed by atoms with Crippen molar-refractivity contribution in [3.8, 4) is 0 Å². The fourth-order valence-electron chi connectivity index (χ4n) is 2.21. The molecule has 2 amide bonds. The van der Waals surface area contributed by atoms with Gasteiger partial charge in [-0.3, -0.25) is 4.90 Å². The molecule has 0 aliphatic carbocycles. The van der Waals surface area contributed by atoms with Gasteiger partial charge in [-0.25, -0.2) is 14.0 Å². The van der Waals surface area contributed by atoms with Crippen LogP contribution in [0.25, 0.3) is 0 Å². The number of urea groups is 1. The zero-order valence-corrected chi connectivity index (χ0v) is 11.9. The number of carboxylic acid groups (broad SMARTS) is 1. The third-order valence-electron chi connectivity index (χ3n) is 3.37. The van der Waals surface area contributed by atoms with E-state index in [4.69, 9.17) is 9.84 Å². The van der Waals surface area contributed by atoms with Gasteiger partial charge in [0.25, 0.3) is 0 Å². The van der Waals surface area contributed by atoms with Crippen LogP contribution in [-0.2, 0) is 9.53 Å². The zero-order valence-electron chi connectivity index (χ0n) is 11.9. The minimum Gasteiger partial charge on any atom is -0.480 e. The van der Waals surface area contributed by atoms with E-state index in [1.54, 1.807) is 18.9 Å². The highest BCUT2D eigenvalue weighted by molar-refractivity contribution is 5.92. The van der Waals surface area contributed by atoms with E-state index in [-0.39, 0.29) is 18.5 Å². The van der Waals surface area contributed by atoms with E-state index in [1.165, 1.54) is 29.2 Å². The van der Waals surface area contributed by atoms with Gasteiger partial charge in [0.2, 0.25) is 0 Å². The van der Waals surface area contributed by atoms with Crippen molar-refractivity contribution in [3.05, 3.63) is 30.1 Å². The molecule has 114 valence electrons. The molecule has 0 spiro atoms. The number of nitrogens with zero attached hydrogens (tertiary/aromatic N) is 2. The van der Waals surface area contributed by atoms with Crippen LogP contribution in [0, 0.1) is 5.82 Å². The lowest BCUT2D eigenvalue weighted by Gasteiger charge is -2.48. The lowest BCUT2D eigenvalue weighted by atomic mass is 9.97. The molecule has 0 atom stereocenters. The molecule has 1 heterocycles. The van der Waals surface area contributed by atoms with E-state index in [9.17, 15) is 14.0 Å². The largest absolute Gasteiger partial charge is 0.480 e. The Bertz CT molecular complexity index is 540. The minimum atomic E-state index is -1.04. The number of benzene rings is 1. The van der Waals surface area contributed by atoms with Crippen molar-refractivity contribution in [3.63, 3.8) is 0 Å². The number of carbonyl (C=O) groups is 2. The number of anilines is 1. The zero-order chi connectivity index (χ0) is 15.6. The fraction of sp³-hybridized carbons (Fsp3) is 0.429. The summed E-state index contributed by atoms with van der Waals surface area (Å²) in [6, 6.07) is 5.38. The summed E-state index contributed by atoms with van der Waals surface area (Å²) in [7, 11) is 1.60. The van der Waals surface area contributed by atoms with Crippen molar-refractivity contribution < 1.29 is 23.8 Å². The van der Waals surface area contributed by atoms with Crippen LogP contribution in [0.3, 0.4) is 0 Å². The standard InChI is InChI=1S/C14H17FN2O4/c1-14(21-7-12(18)19)8-17(9-14)13(20)16(2)11-5-3-10(15)4-6-11/h3-6H,7-9H2,1-2H3,(H,18,19).